The fraction of sp³-hybridized carbons (Fsp3) is 1.00. The first-order valence-corrected chi connectivity index (χ1v) is 7.91. The number of hydrogen-bond acceptors (Lipinski definition) is 4. The molecule has 4 heteroatoms. The molecule has 0 atom stereocenters. The molecular weight excluding hydrogens is 238 g/mol. The Labute approximate surface area is 118 Å². The SMILES string of the molecule is CC(C)OCCN1CCC(N2CCN(C)CC2)CC1. The van der Waals surface area contributed by atoms with E-state index >= 15 is 0 Å². The van der Waals surface area contributed by atoms with Gasteiger partial charge in [-0.2, -0.15) is 0 Å². The number of ether oxygens (including phenoxy) is 1. The van der Waals surface area contributed by atoms with Crippen LogP contribution in [-0.4, -0.2) is 86.3 Å². The zero-order valence-electron chi connectivity index (χ0n) is 13.0. The van der Waals surface area contributed by atoms with E-state index in [1.807, 2.05) is 0 Å². The third-order valence-corrected chi connectivity index (χ3v) is 4.47. The highest BCUT2D eigenvalue weighted by atomic mass is 16.5. The van der Waals surface area contributed by atoms with Crippen LogP contribution in [-0.2, 0) is 4.74 Å². The van der Waals surface area contributed by atoms with Crippen LogP contribution in [0.4, 0.5) is 0 Å². The van der Waals surface area contributed by atoms with E-state index in [0.717, 1.165) is 19.2 Å². The summed E-state index contributed by atoms with van der Waals surface area (Å²) in [5, 5.41) is 0. The van der Waals surface area contributed by atoms with Crippen molar-refractivity contribution in [2.75, 3.05) is 59.5 Å². The lowest BCUT2D eigenvalue weighted by atomic mass is 10.0. The quantitative estimate of drug-likeness (QED) is 0.744. The van der Waals surface area contributed by atoms with E-state index in [9.17, 15) is 0 Å². The third-order valence-electron chi connectivity index (χ3n) is 4.47. The second kappa shape index (κ2) is 7.58. The minimum atomic E-state index is 0.364. The Kier molecular flexibility index (Phi) is 6.07. The van der Waals surface area contributed by atoms with Gasteiger partial charge < -0.3 is 14.5 Å². The van der Waals surface area contributed by atoms with Crippen molar-refractivity contribution in [3.05, 3.63) is 0 Å². The molecule has 112 valence electrons. The van der Waals surface area contributed by atoms with E-state index in [1.165, 1.54) is 52.1 Å². The van der Waals surface area contributed by atoms with Crippen molar-refractivity contribution in [2.45, 2.75) is 38.8 Å². The minimum absolute atomic E-state index is 0.364. The first-order valence-electron chi connectivity index (χ1n) is 7.91. The summed E-state index contributed by atoms with van der Waals surface area (Å²) in [4.78, 5) is 7.71. The number of likely N-dealkylation sites (N-methyl/N-ethyl adjacent to an activating group) is 1. The Bertz CT molecular complexity index is 244. The van der Waals surface area contributed by atoms with Crippen molar-refractivity contribution in [3.8, 4) is 0 Å². The largest absolute Gasteiger partial charge is 0.377 e. The van der Waals surface area contributed by atoms with Crippen LogP contribution in [0.2, 0.25) is 0 Å². The molecule has 19 heavy (non-hydrogen) atoms. The molecule has 2 saturated heterocycles. The Morgan fingerprint density at radius 1 is 1.00 bits per heavy atom. The fourth-order valence-electron chi connectivity index (χ4n) is 3.11. The average Bonchev–Trinajstić information content (AvgIpc) is 2.40. The molecule has 0 bridgehead atoms. The first kappa shape index (κ1) is 15.2. The third kappa shape index (κ3) is 5.03. The van der Waals surface area contributed by atoms with Crippen LogP contribution in [0.15, 0.2) is 0 Å². The number of piperidine rings is 1. The van der Waals surface area contributed by atoms with Gasteiger partial charge >= 0.3 is 0 Å². The second-order valence-corrected chi connectivity index (χ2v) is 6.33. The topological polar surface area (TPSA) is 19.0 Å². The van der Waals surface area contributed by atoms with Crippen molar-refractivity contribution < 1.29 is 4.74 Å². The first-order chi connectivity index (χ1) is 9.15. The van der Waals surface area contributed by atoms with Crippen molar-refractivity contribution in [1.29, 1.82) is 0 Å². The lowest BCUT2D eigenvalue weighted by Gasteiger charge is -2.42. The average molecular weight is 269 g/mol. The molecule has 4 nitrogen and oxygen atoms in total. The van der Waals surface area contributed by atoms with Crippen LogP contribution in [0.3, 0.4) is 0 Å². The van der Waals surface area contributed by atoms with Crippen molar-refractivity contribution in [2.24, 2.45) is 0 Å². The molecular formula is C15H31N3O. The van der Waals surface area contributed by atoms with Gasteiger partial charge in [-0.25, -0.2) is 0 Å². The van der Waals surface area contributed by atoms with Crippen LogP contribution in [0.1, 0.15) is 26.7 Å². The number of rotatable bonds is 5. The second-order valence-electron chi connectivity index (χ2n) is 6.33. The fourth-order valence-corrected chi connectivity index (χ4v) is 3.11. The lowest BCUT2D eigenvalue weighted by Crippen LogP contribution is -2.52. The molecule has 0 aliphatic carbocycles. The van der Waals surface area contributed by atoms with Gasteiger partial charge in [0.05, 0.1) is 12.7 Å². The molecule has 0 aromatic carbocycles. The number of hydrogen-bond donors (Lipinski definition) is 0. The van der Waals surface area contributed by atoms with Gasteiger partial charge in [-0.3, -0.25) is 4.90 Å². The van der Waals surface area contributed by atoms with Gasteiger partial charge in [0.2, 0.25) is 0 Å². The minimum Gasteiger partial charge on any atom is -0.377 e. The molecule has 2 rings (SSSR count). The van der Waals surface area contributed by atoms with E-state index in [2.05, 4.69) is 35.6 Å². The Balaban J connectivity index is 1.62. The molecule has 2 fully saturated rings. The molecule has 0 amide bonds. The predicted octanol–water partition coefficient (Wildman–Crippen LogP) is 1.12. The van der Waals surface area contributed by atoms with Gasteiger partial charge in [-0.1, -0.05) is 0 Å². The Hall–Kier alpha value is -0.160. The van der Waals surface area contributed by atoms with Crippen molar-refractivity contribution in [1.82, 2.24) is 14.7 Å². The highest BCUT2D eigenvalue weighted by Crippen LogP contribution is 2.17. The standard InChI is InChI=1S/C15H31N3O/c1-14(2)19-13-12-17-6-4-15(5-7-17)18-10-8-16(3)9-11-18/h14-15H,4-13H2,1-3H3. The Morgan fingerprint density at radius 3 is 2.21 bits per heavy atom. The van der Waals surface area contributed by atoms with E-state index < -0.39 is 0 Å². The number of piperazine rings is 1. The molecule has 0 spiro atoms. The van der Waals surface area contributed by atoms with Gasteiger partial charge in [0.1, 0.15) is 0 Å². The highest BCUT2D eigenvalue weighted by molar-refractivity contribution is 4.82. The van der Waals surface area contributed by atoms with Gasteiger partial charge in [-0.05, 0) is 46.8 Å². The van der Waals surface area contributed by atoms with Gasteiger partial charge in [0.25, 0.3) is 0 Å². The molecule has 0 aromatic heterocycles. The van der Waals surface area contributed by atoms with E-state index in [1.54, 1.807) is 0 Å². The van der Waals surface area contributed by atoms with Gasteiger partial charge in [0, 0.05) is 38.8 Å². The Morgan fingerprint density at radius 2 is 1.63 bits per heavy atom. The zero-order chi connectivity index (χ0) is 13.7. The smallest absolute Gasteiger partial charge is 0.0596 e. The maximum Gasteiger partial charge on any atom is 0.0596 e. The number of nitrogens with zero attached hydrogens (tertiary/aromatic N) is 3. The van der Waals surface area contributed by atoms with Gasteiger partial charge in [0.15, 0.2) is 0 Å². The van der Waals surface area contributed by atoms with Crippen LogP contribution >= 0.6 is 0 Å². The van der Waals surface area contributed by atoms with Crippen molar-refractivity contribution >= 4 is 0 Å². The maximum atomic E-state index is 5.64. The van der Waals surface area contributed by atoms with Crippen LogP contribution in [0.25, 0.3) is 0 Å². The molecule has 0 N–H and O–H groups in total. The summed E-state index contributed by atoms with van der Waals surface area (Å²) in [6.07, 6.45) is 3.04. The summed E-state index contributed by atoms with van der Waals surface area (Å²) in [5.74, 6) is 0. The monoisotopic (exact) mass is 269 g/mol. The summed E-state index contributed by atoms with van der Waals surface area (Å²) < 4.78 is 5.64. The molecule has 0 aromatic rings. The van der Waals surface area contributed by atoms with Crippen molar-refractivity contribution in [3.63, 3.8) is 0 Å². The van der Waals surface area contributed by atoms with E-state index in [0.29, 0.717) is 6.10 Å². The highest BCUT2D eigenvalue weighted by Gasteiger charge is 2.26. The van der Waals surface area contributed by atoms with Crippen LogP contribution in [0.5, 0.6) is 0 Å². The van der Waals surface area contributed by atoms with E-state index in [-0.39, 0.29) is 0 Å². The molecule has 2 heterocycles. The summed E-state index contributed by atoms with van der Waals surface area (Å²) in [5.41, 5.74) is 0. The summed E-state index contributed by atoms with van der Waals surface area (Å²) >= 11 is 0. The molecule has 0 saturated carbocycles. The van der Waals surface area contributed by atoms with E-state index in [4.69, 9.17) is 4.74 Å². The van der Waals surface area contributed by atoms with Crippen LogP contribution in [0, 0.1) is 0 Å². The molecule has 0 radical (unpaired) electrons. The number of likely N-dealkylation sites (tertiary alicyclic amines) is 1. The molecule has 2 aliphatic rings. The normalized spacial score (nSPS) is 25.3. The molecule has 0 unspecified atom stereocenters. The maximum absolute atomic E-state index is 5.64. The summed E-state index contributed by atoms with van der Waals surface area (Å²) in [7, 11) is 2.23. The summed E-state index contributed by atoms with van der Waals surface area (Å²) in [6, 6.07) is 0.830. The van der Waals surface area contributed by atoms with Gasteiger partial charge in [-0.15, -0.1) is 0 Å². The zero-order valence-corrected chi connectivity index (χ0v) is 13.0. The lowest BCUT2D eigenvalue weighted by molar-refractivity contribution is 0.0353. The molecule has 2 aliphatic heterocycles. The summed E-state index contributed by atoms with van der Waals surface area (Å²) in [6.45, 7) is 13.7. The predicted molar refractivity (Wildman–Crippen MR) is 79.6 cm³/mol. The van der Waals surface area contributed by atoms with Crippen LogP contribution < -0.4 is 0 Å².